The molecule has 0 aliphatic rings. The van der Waals surface area contributed by atoms with Gasteiger partial charge in [-0.15, -0.1) is 6.42 Å². The molecule has 58 valence electrons. The summed E-state index contributed by atoms with van der Waals surface area (Å²) in [5.74, 6) is 2.35. The highest BCUT2D eigenvalue weighted by Gasteiger charge is 2.10. The summed E-state index contributed by atoms with van der Waals surface area (Å²) in [6.07, 6.45) is 3.08. The van der Waals surface area contributed by atoms with Crippen molar-refractivity contribution in [3.8, 4) is 12.3 Å². The van der Waals surface area contributed by atoms with Crippen LogP contribution >= 0.6 is 47.8 Å². The van der Waals surface area contributed by atoms with Crippen LogP contribution in [0.1, 0.15) is 0 Å². The maximum Gasteiger partial charge on any atom is 0.503 e. The third kappa shape index (κ3) is 40.9. The first-order valence-electron chi connectivity index (χ1n) is 1.76. The Morgan fingerprint density at radius 2 is 1.50 bits per heavy atom. The number of terminal acetylenes is 1. The van der Waals surface area contributed by atoms with Gasteiger partial charge in [0.1, 0.15) is 0 Å². The summed E-state index contributed by atoms with van der Waals surface area (Å²) in [6.45, 7) is 0. The molecule has 0 unspecified atom stereocenters. The summed E-state index contributed by atoms with van der Waals surface area (Å²) in [6, 6.07) is 0. The summed E-state index contributed by atoms with van der Waals surface area (Å²) >= 11 is 9.22. The van der Waals surface area contributed by atoms with Crippen molar-refractivity contribution in [1.29, 1.82) is 0 Å². The van der Waals surface area contributed by atoms with Crippen molar-refractivity contribution in [1.82, 2.24) is 0 Å². The van der Waals surface area contributed by atoms with Gasteiger partial charge in [0.25, 0.3) is 0 Å². The SMILES string of the molecule is C#CC(Br)(Br)Br.O=C(O)O. The Balaban J connectivity index is 0. The molecular weight excluding hydrogens is 336 g/mol. The van der Waals surface area contributed by atoms with Gasteiger partial charge in [0.05, 0.1) is 0 Å². The second-order valence-electron chi connectivity index (χ2n) is 0.925. The first-order chi connectivity index (χ1) is 4.29. The van der Waals surface area contributed by atoms with E-state index in [2.05, 4.69) is 53.7 Å². The number of halogens is 3. The van der Waals surface area contributed by atoms with Crippen LogP contribution in [0.4, 0.5) is 4.79 Å². The minimum absolute atomic E-state index is 0.493. The molecule has 0 bridgehead atoms. The minimum atomic E-state index is -1.83. The molecule has 0 spiro atoms. The Labute approximate surface area is 83.2 Å². The van der Waals surface area contributed by atoms with Gasteiger partial charge in [0, 0.05) is 0 Å². The summed E-state index contributed by atoms with van der Waals surface area (Å²) in [5.41, 5.74) is 0. The van der Waals surface area contributed by atoms with Gasteiger partial charge in [0.2, 0.25) is 0 Å². The summed E-state index contributed by atoms with van der Waals surface area (Å²) in [7, 11) is 0. The van der Waals surface area contributed by atoms with Gasteiger partial charge < -0.3 is 10.2 Å². The van der Waals surface area contributed by atoms with E-state index in [-0.39, 0.29) is 0 Å². The fourth-order valence-corrected chi connectivity index (χ4v) is 0. The van der Waals surface area contributed by atoms with Gasteiger partial charge in [-0.1, -0.05) is 5.92 Å². The summed E-state index contributed by atoms with van der Waals surface area (Å²) in [4.78, 5) is 8.56. The predicted octanol–water partition coefficient (Wildman–Crippen LogP) is 2.68. The topological polar surface area (TPSA) is 57.5 Å². The summed E-state index contributed by atoms with van der Waals surface area (Å²) < 4.78 is -0.493. The number of carbonyl (C=O) groups is 1. The van der Waals surface area contributed by atoms with Crippen LogP contribution in [0.2, 0.25) is 0 Å². The van der Waals surface area contributed by atoms with Crippen LogP contribution in [0.25, 0.3) is 0 Å². The average Bonchev–Trinajstić information content (AvgIpc) is 1.63. The molecule has 6 heteroatoms. The van der Waals surface area contributed by atoms with Crippen LogP contribution < -0.4 is 0 Å². The molecule has 0 radical (unpaired) electrons. The molecule has 0 aliphatic heterocycles. The van der Waals surface area contributed by atoms with E-state index in [0.717, 1.165) is 0 Å². The number of alkyl halides is 3. The van der Waals surface area contributed by atoms with E-state index in [4.69, 9.17) is 21.4 Å². The lowest BCUT2D eigenvalue weighted by molar-refractivity contribution is 0.137. The van der Waals surface area contributed by atoms with Crippen molar-refractivity contribution >= 4 is 53.9 Å². The molecule has 0 amide bonds. The van der Waals surface area contributed by atoms with Crippen molar-refractivity contribution in [2.75, 3.05) is 0 Å². The maximum atomic E-state index is 8.56. The Morgan fingerprint density at radius 3 is 1.50 bits per heavy atom. The molecular formula is C4H3Br3O3. The van der Waals surface area contributed by atoms with Crippen molar-refractivity contribution < 1.29 is 15.0 Å². The van der Waals surface area contributed by atoms with Gasteiger partial charge in [0.15, 0.2) is 2.14 Å². The van der Waals surface area contributed by atoms with Crippen LogP contribution in [-0.2, 0) is 0 Å². The lowest BCUT2D eigenvalue weighted by atomic mass is 10.8. The minimum Gasteiger partial charge on any atom is -0.450 e. The molecule has 0 rings (SSSR count). The molecule has 0 aromatic heterocycles. The zero-order valence-electron chi connectivity index (χ0n) is 4.51. The quantitative estimate of drug-likeness (QED) is 0.527. The van der Waals surface area contributed by atoms with E-state index in [1.807, 2.05) is 0 Å². The number of hydrogen-bond donors (Lipinski definition) is 2. The standard InChI is InChI=1S/C3HBr3.CH2O3/c1-2-3(4,5)6;2-1(3)4/h1H;(H2,2,3,4). The number of rotatable bonds is 0. The van der Waals surface area contributed by atoms with E-state index in [9.17, 15) is 0 Å². The number of carboxylic acid groups (broad SMARTS) is 2. The lowest BCUT2D eigenvalue weighted by Gasteiger charge is -1.96. The Morgan fingerprint density at radius 1 is 1.40 bits per heavy atom. The third-order valence-electron chi connectivity index (χ3n) is 0.164. The second-order valence-corrected chi connectivity index (χ2v) is 7.69. The fraction of sp³-hybridized carbons (Fsp3) is 0.250. The van der Waals surface area contributed by atoms with Crippen molar-refractivity contribution in [2.24, 2.45) is 0 Å². The second kappa shape index (κ2) is 6.01. The molecule has 3 nitrogen and oxygen atoms in total. The summed E-state index contributed by atoms with van der Waals surface area (Å²) in [5, 5.41) is 13.9. The van der Waals surface area contributed by atoms with Gasteiger partial charge in [-0.25, -0.2) is 4.79 Å². The smallest absolute Gasteiger partial charge is 0.450 e. The molecule has 0 aromatic carbocycles. The molecule has 0 atom stereocenters. The van der Waals surface area contributed by atoms with Gasteiger partial charge in [-0.2, -0.15) is 0 Å². The fourth-order valence-electron chi connectivity index (χ4n) is 0. The van der Waals surface area contributed by atoms with E-state index in [1.54, 1.807) is 0 Å². The van der Waals surface area contributed by atoms with E-state index in [1.165, 1.54) is 0 Å². The maximum absolute atomic E-state index is 8.56. The molecule has 0 aliphatic carbocycles. The van der Waals surface area contributed by atoms with E-state index >= 15 is 0 Å². The first-order valence-corrected chi connectivity index (χ1v) is 4.14. The molecule has 0 fully saturated rings. The van der Waals surface area contributed by atoms with Gasteiger partial charge in [-0.05, 0) is 47.8 Å². The van der Waals surface area contributed by atoms with Crippen LogP contribution in [0.5, 0.6) is 0 Å². The highest BCUT2D eigenvalue weighted by Crippen LogP contribution is 2.31. The van der Waals surface area contributed by atoms with E-state index < -0.39 is 8.30 Å². The van der Waals surface area contributed by atoms with Crippen molar-refractivity contribution in [3.63, 3.8) is 0 Å². The van der Waals surface area contributed by atoms with Crippen LogP contribution in [0.15, 0.2) is 0 Å². The van der Waals surface area contributed by atoms with Crippen LogP contribution in [-0.4, -0.2) is 18.5 Å². The normalized spacial score (nSPS) is 8.60. The molecule has 10 heavy (non-hydrogen) atoms. The Bertz CT molecular complexity index is 139. The highest BCUT2D eigenvalue weighted by atomic mass is 80.0. The van der Waals surface area contributed by atoms with Crippen LogP contribution in [0, 0.1) is 12.3 Å². The molecule has 0 saturated carbocycles. The van der Waals surface area contributed by atoms with Crippen molar-refractivity contribution in [2.45, 2.75) is 2.14 Å². The molecule has 0 heterocycles. The van der Waals surface area contributed by atoms with Gasteiger partial charge in [-0.3, -0.25) is 0 Å². The number of hydrogen-bond acceptors (Lipinski definition) is 1. The Kier molecular flexibility index (Phi) is 7.76. The average molecular weight is 339 g/mol. The molecule has 2 N–H and O–H groups in total. The third-order valence-corrected chi connectivity index (χ3v) is 0.850. The van der Waals surface area contributed by atoms with Gasteiger partial charge >= 0.3 is 6.16 Å². The Hall–Kier alpha value is 0.270. The molecule has 0 saturated heterocycles. The van der Waals surface area contributed by atoms with E-state index in [0.29, 0.717) is 0 Å². The zero-order valence-corrected chi connectivity index (χ0v) is 9.27. The highest BCUT2D eigenvalue weighted by molar-refractivity contribution is 9.39. The van der Waals surface area contributed by atoms with Crippen molar-refractivity contribution in [3.05, 3.63) is 0 Å². The lowest BCUT2D eigenvalue weighted by Crippen LogP contribution is -1.89. The molecule has 0 aromatic rings. The first kappa shape index (κ1) is 12.9. The largest absolute Gasteiger partial charge is 0.503 e. The zero-order chi connectivity index (χ0) is 8.78. The van der Waals surface area contributed by atoms with Crippen LogP contribution in [0.3, 0.4) is 0 Å². The predicted molar refractivity (Wildman–Crippen MR) is 49.0 cm³/mol. The monoisotopic (exact) mass is 336 g/mol.